The number of rotatable bonds is 57. The maximum Gasteiger partial charge on any atom is 0.249 e. The number of ether oxygens (including phenoxy) is 2. The Labute approximate surface area is 473 Å². The van der Waals surface area contributed by atoms with Crippen molar-refractivity contribution >= 4 is 5.91 Å². The summed E-state index contributed by atoms with van der Waals surface area (Å²) in [5, 5.41) is 76.3. The number of aliphatic hydroxyl groups is 7. The van der Waals surface area contributed by atoms with E-state index in [1.54, 1.807) is 0 Å². The second kappa shape index (κ2) is 54.9. The van der Waals surface area contributed by atoms with Crippen molar-refractivity contribution in [3.63, 3.8) is 0 Å². The predicted molar refractivity (Wildman–Crippen MR) is 321 cm³/mol. The van der Waals surface area contributed by atoms with Gasteiger partial charge >= 0.3 is 0 Å². The molecular weight excluding hydrogens is 967 g/mol. The van der Waals surface area contributed by atoms with Gasteiger partial charge in [-0.05, 0) is 77.0 Å². The van der Waals surface area contributed by atoms with E-state index in [0.29, 0.717) is 19.3 Å². The minimum Gasteiger partial charge on any atom is -0.394 e. The molecule has 9 atom stereocenters. The summed E-state index contributed by atoms with van der Waals surface area (Å²) in [6.45, 7) is 3.48. The van der Waals surface area contributed by atoms with Crippen molar-refractivity contribution in [2.24, 2.45) is 0 Å². The standard InChI is InChI=1S/C66H125NO10/c1-3-5-7-9-11-13-15-17-19-21-23-25-27-28-29-30-32-33-35-37-39-41-43-45-47-49-51-53-58(69)61(71)57(56-76-66-64(74)63(73)62(72)60(55-68)77-66)67-65(75)59(70)54-52-50-48-46-44-42-40-38-36-34-31-26-24-22-20-18-16-14-12-10-8-6-4-2/h34,36-37,39,45,47,57-64,66,68-74H,3-33,35,38,40-44,46,48-56H2,1-2H3,(H,67,75)/b36-34-,39-37+,47-45+. The average molecular weight is 1090 g/mol. The summed E-state index contributed by atoms with van der Waals surface area (Å²) < 4.78 is 11.2. The van der Waals surface area contributed by atoms with Crippen LogP contribution in [-0.2, 0) is 14.3 Å². The van der Waals surface area contributed by atoms with E-state index >= 15 is 0 Å². The quantitative estimate of drug-likeness (QED) is 0.0215. The summed E-state index contributed by atoms with van der Waals surface area (Å²) in [6.07, 6.45) is 57.9. The Morgan fingerprint density at radius 1 is 0.442 bits per heavy atom. The number of carbonyl (C=O) groups is 1. The monoisotopic (exact) mass is 1090 g/mol. The molecule has 1 aliphatic heterocycles. The number of hydrogen-bond donors (Lipinski definition) is 8. The lowest BCUT2D eigenvalue weighted by Crippen LogP contribution is -2.60. The predicted octanol–water partition coefficient (Wildman–Crippen LogP) is 15.0. The number of carbonyl (C=O) groups excluding carboxylic acids is 1. The van der Waals surface area contributed by atoms with Crippen molar-refractivity contribution in [1.29, 1.82) is 0 Å². The first kappa shape index (κ1) is 73.3. The number of unbranched alkanes of at least 4 members (excludes halogenated alkanes) is 39. The van der Waals surface area contributed by atoms with Gasteiger partial charge in [-0.25, -0.2) is 0 Å². The number of aliphatic hydroxyl groups excluding tert-OH is 7. The highest BCUT2D eigenvalue weighted by atomic mass is 16.7. The number of nitrogens with one attached hydrogen (secondary N) is 1. The van der Waals surface area contributed by atoms with Crippen LogP contribution in [0.5, 0.6) is 0 Å². The van der Waals surface area contributed by atoms with Crippen LogP contribution in [0.1, 0.15) is 309 Å². The summed E-state index contributed by atoms with van der Waals surface area (Å²) >= 11 is 0. The van der Waals surface area contributed by atoms with Crippen molar-refractivity contribution < 1.29 is 50.0 Å². The third-order valence-electron chi connectivity index (χ3n) is 15.9. The van der Waals surface area contributed by atoms with Crippen LogP contribution in [-0.4, -0.2) is 110 Å². The molecule has 1 fully saturated rings. The molecule has 11 nitrogen and oxygen atoms in total. The van der Waals surface area contributed by atoms with Crippen molar-refractivity contribution in [2.75, 3.05) is 13.2 Å². The van der Waals surface area contributed by atoms with Crippen molar-refractivity contribution in [1.82, 2.24) is 5.32 Å². The van der Waals surface area contributed by atoms with Gasteiger partial charge in [0.2, 0.25) is 5.91 Å². The number of amides is 1. The van der Waals surface area contributed by atoms with Crippen LogP contribution in [0, 0.1) is 0 Å². The van der Waals surface area contributed by atoms with Gasteiger partial charge in [0.25, 0.3) is 0 Å². The number of hydrogen-bond acceptors (Lipinski definition) is 10. The fourth-order valence-electron chi connectivity index (χ4n) is 10.6. The molecule has 454 valence electrons. The van der Waals surface area contributed by atoms with E-state index in [1.165, 1.54) is 218 Å². The molecule has 1 heterocycles. The molecule has 0 aromatic carbocycles. The Kier molecular flexibility index (Phi) is 52.3. The SMILES string of the molecule is CCCCCCCCCCCCCC/C=C\CCCCCCCCCC(O)C(=O)NC(COC1OC(CO)C(O)C(O)C1O)C(O)C(O)CCC/C=C/CC/C=C/CCCCCCCCCCCCCCCCCCCC. The Morgan fingerprint density at radius 2 is 0.779 bits per heavy atom. The third-order valence-corrected chi connectivity index (χ3v) is 15.9. The highest BCUT2D eigenvalue weighted by molar-refractivity contribution is 5.80. The van der Waals surface area contributed by atoms with Gasteiger partial charge in [-0.3, -0.25) is 4.79 Å². The Bertz CT molecular complexity index is 1350. The first-order valence-corrected chi connectivity index (χ1v) is 32.9. The van der Waals surface area contributed by atoms with E-state index in [-0.39, 0.29) is 12.8 Å². The third kappa shape index (κ3) is 42.8. The van der Waals surface area contributed by atoms with Crippen LogP contribution in [0.2, 0.25) is 0 Å². The van der Waals surface area contributed by atoms with Crippen LogP contribution in [0.25, 0.3) is 0 Å². The van der Waals surface area contributed by atoms with Gasteiger partial charge in [-0.1, -0.05) is 269 Å². The Balaban J connectivity index is 2.28. The van der Waals surface area contributed by atoms with Crippen LogP contribution < -0.4 is 5.32 Å². The second-order valence-corrected chi connectivity index (χ2v) is 23.2. The summed E-state index contributed by atoms with van der Waals surface area (Å²) in [7, 11) is 0. The summed E-state index contributed by atoms with van der Waals surface area (Å²) in [6, 6.07) is -1.19. The van der Waals surface area contributed by atoms with Crippen LogP contribution in [0.3, 0.4) is 0 Å². The molecule has 11 heteroatoms. The first-order chi connectivity index (χ1) is 37.7. The van der Waals surface area contributed by atoms with E-state index in [9.17, 15) is 40.5 Å². The Hall–Kier alpha value is -1.67. The maximum atomic E-state index is 13.2. The molecule has 77 heavy (non-hydrogen) atoms. The molecule has 0 aliphatic carbocycles. The molecule has 0 spiro atoms. The van der Waals surface area contributed by atoms with Gasteiger partial charge in [0.1, 0.15) is 36.6 Å². The van der Waals surface area contributed by atoms with Gasteiger partial charge < -0.3 is 50.5 Å². The van der Waals surface area contributed by atoms with E-state index in [4.69, 9.17) is 9.47 Å². The molecule has 1 aliphatic rings. The van der Waals surface area contributed by atoms with Gasteiger partial charge in [-0.15, -0.1) is 0 Å². The van der Waals surface area contributed by atoms with E-state index in [2.05, 4.69) is 55.6 Å². The molecule has 0 radical (unpaired) electrons. The lowest BCUT2D eigenvalue weighted by Gasteiger charge is -2.40. The van der Waals surface area contributed by atoms with Gasteiger partial charge in [0, 0.05) is 0 Å². The molecule has 0 aromatic rings. The van der Waals surface area contributed by atoms with Crippen molar-refractivity contribution in [2.45, 2.75) is 364 Å². The average Bonchev–Trinajstić information content (AvgIpc) is 3.43. The highest BCUT2D eigenvalue weighted by Gasteiger charge is 2.44. The fourth-order valence-corrected chi connectivity index (χ4v) is 10.6. The van der Waals surface area contributed by atoms with Gasteiger partial charge in [-0.2, -0.15) is 0 Å². The van der Waals surface area contributed by atoms with Crippen LogP contribution in [0.15, 0.2) is 36.5 Å². The first-order valence-electron chi connectivity index (χ1n) is 32.9. The van der Waals surface area contributed by atoms with E-state index in [1.807, 2.05) is 0 Å². The molecule has 0 aromatic heterocycles. The lowest BCUT2D eigenvalue weighted by molar-refractivity contribution is -0.303. The summed E-state index contributed by atoms with van der Waals surface area (Å²) in [4.78, 5) is 13.2. The highest BCUT2D eigenvalue weighted by Crippen LogP contribution is 2.24. The molecule has 0 bridgehead atoms. The van der Waals surface area contributed by atoms with Crippen molar-refractivity contribution in [3.05, 3.63) is 36.5 Å². The summed E-state index contributed by atoms with van der Waals surface area (Å²) in [5.41, 5.74) is 0. The maximum absolute atomic E-state index is 13.2. The fraction of sp³-hybridized carbons (Fsp3) is 0.894. The van der Waals surface area contributed by atoms with Gasteiger partial charge in [0.15, 0.2) is 6.29 Å². The molecule has 1 rings (SSSR count). The molecule has 8 N–H and O–H groups in total. The topological polar surface area (TPSA) is 189 Å². The van der Waals surface area contributed by atoms with Gasteiger partial charge in [0.05, 0.1) is 25.4 Å². The van der Waals surface area contributed by atoms with Crippen LogP contribution >= 0.6 is 0 Å². The molecular formula is C66H125NO10. The largest absolute Gasteiger partial charge is 0.394 e. The normalized spacial score (nSPS) is 19.7. The Morgan fingerprint density at radius 3 is 1.16 bits per heavy atom. The zero-order valence-electron chi connectivity index (χ0n) is 50.0. The van der Waals surface area contributed by atoms with Crippen molar-refractivity contribution in [3.8, 4) is 0 Å². The zero-order valence-corrected chi connectivity index (χ0v) is 50.0. The van der Waals surface area contributed by atoms with E-state index < -0.39 is 74.2 Å². The van der Waals surface area contributed by atoms with E-state index in [0.717, 1.165) is 44.9 Å². The number of allylic oxidation sites excluding steroid dienone is 6. The van der Waals surface area contributed by atoms with Crippen LogP contribution in [0.4, 0.5) is 0 Å². The molecule has 9 unspecified atom stereocenters. The smallest absolute Gasteiger partial charge is 0.249 e. The zero-order chi connectivity index (χ0) is 56.1. The molecule has 1 saturated heterocycles. The second-order valence-electron chi connectivity index (χ2n) is 23.2. The molecule has 0 saturated carbocycles. The summed E-state index contributed by atoms with van der Waals surface area (Å²) in [5.74, 6) is -0.710. The minimum absolute atomic E-state index is 0.246. The molecule has 1 amide bonds. The minimum atomic E-state index is -1.67. The lowest BCUT2D eigenvalue weighted by atomic mass is 9.98.